The van der Waals surface area contributed by atoms with Gasteiger partial charge in [0.2, 0.25) is 21.8 Å². The first kappa shape index (κ1) is 22.8. The number of benzene rings is 2. The highest BCUT2D eigenvalue weighted by atomic mass is 32.2. The Kier molecular flexibility index (Phi) is 6.10. The van der Waals surface area contributed by atoms with Gasteiger partial charge in [-0.25, -0.2) is 12.7 Å². The molecule has 7 nitrogen and oxygen atoms in total. The van der Waals surface area contributed by atoms with E-state index in [1.54, 1.807) is 0 Å². The maximum absolute atomic E-state index is 12.9. The van der Waals surface area contributed by atoms with E-state index in [2.05, 4.69) is 5.32 Å². The van der Waals surface area contributed by atoms with E-state index in [0.717, 1.165) is 21.3 Å². The van der Waals surface area contributed by atoms with Crippen LogP contribution in [-0.4, -0.2) is 45.2 Å². The van der Waals surface area contributed by atoms with Crippen LogP contribution >= 0.6 is 0 Å². The van der Waals surface area contributed by atoms with E-state index in [9.17, 15) is 31.2 Å². The monoisotopic (exact) mass is 455 g/mol. The SMILES string of the molecule is CN(C)S(=O)(=O)c1ccc(NC(=O)C2CC(=O)N(c3cccc(C(F)(F)F)c3)C2)cc1. The van der Waals surface area contributed by atoms with Crippen LogP contribution in [-0.2, 0) is 25.8 Å². The molecule has 0 bridgehead atoms. The van der Waals surface area contributed by atoms with Crippen molar-refractivity contribution in [3.05, 3.63) is 54.1 Å². The molecule has 166 valence electrons. The molecule has 1 unspecified atom stereocenters. The zero-order valence-electron chi connectivity index (χ0n) is 16.7. The number of nitrogens with one attached hydrogen (secondary N) is 1. The highest BCUT2D eigenvalue weighted by Gasteiger charge is 2.37. The van der Waals surface area contributed by atoms with E-state index in [4.69, 9.17) is 0 Å². The van der Waals surface area contributed by atoms with Crippen molar-refractivity contribution in [1.29, 1.82) is 0 Å². The molecule has 1 saturated heterocycles. The number of halogens is 3. The third kappa shape index (κ3) is 4.88. The molecule has 1 N–H and O–H groups in total. The summed E-state index contributed by atoms with van der Waals surface area (Å²) in [4.78, 5) is 26.1. The first-order valence-electron chi connectivity index (χ1n) is 9.20. The van der Waals surface area contributed by atoms with Crippen LogP contribution in [0.4, 0.5) is 24.5 Å². The average Bonchev–Trinajstić information content (AvgIpc) is 3.09. The fourth-order valence-corrected chi connectivity index (χ4v) is 4.05. The standard InChI is InChI=1S/C20H20F3N3O4S/c1-25(2)31(29,30)17-8-6-15(7-9-17)24-19(28)13-10-18(27)26(12-13)16-5-3-4-14(11-16)20(21,22)23/h3-9,11,13H,10,12H2,1-2H3,(H,24,28). The zero-order valence-corrected chi connectivity index (χ0v) is 17.5. The Balaban J connectivity index is 1.70. The number of sulfonamides is 1. The van der Waals surface area contributed by atoms with Gasteiger partial charge in [-0.15, -0.1) is 0 Å². The second-order valence-corrected chi connectivity index (χ2v) is 9.41. The Morgan fingerprint density at radius 1 is 1.13 bits per heavy atom. The molecular weight excluding hydrogens is 435 g/mol. The van der Waals surface area contributed by atoms with Crippen molar-refractivity contribution >= 4 is 33.2 Å². The van der Waals surface area contributed by atoms with Gasteiger partial charge in [-0.3, -0.25) is 9.59 Å². The van der Waals surface area contributed by atoms with Crippen LogP contribution in [0.1, 0.15) is 12.0 Å². The van der Waals surface area contributed by atoms with Crippen LogP contribution in [0.25, 0.3) is 0 Å². The quantitative estimate of drug-likeness (QED) is 0.751. The van der Waals surface area contributed by atoms with Gasteiger partial charge in [0.1, 0.15) is 0 Å². The fourth-order valence-electron chi connectivity index (χ4n) is 3.15. The predicted octanol–water partition coefficient (Wildman–Crippen LogP) is 2.95. The van der Waals surface area contributed by atoms with Gasteiger partial charge in [0.15, 0.2) is 0 Å². The third-order valence-corrected chi connectivity index (χ3v) is 6.71. The first-order chi connectivity index (χ1) is 14.4. The van der Waals surface area contributed by atoms with Crippen LogP contribution in [0, 0.1) is 5.92 Å². The number of rotatable bonds is 5. The van der Waals surface area contributed by atoms with Crippen LogP contribution < -0.4 is 10.2 Å². The van der Waals surface area contributed by atoms with E-state index in [0.29, 0.717) is 5.69 Å². The summed E-state index contributed by atoms with van der Waals surface area (Å²) >= 11 is 0. The lowest BCUT2D eigenvalue weighted by molar-refractivity contribution is -0.137. The van der Waals surface area contributed by atoms with E-state index in [1.807, 2.05) is 0 Å². The number of amides is 2. The van der Waals surface area contributed by atoms with Gasteiger partial charge in [0, 0.05) is 38.4 Å². The van der Waals surface area contributed by atoms with Gasteiger partial charge < -0.3 is 10.2 Å². The Morgan fingerprint density at radius 3 is 2.35 bits per heavy atom. The van der Waals surface area contributed by atoms with Crippen molar-refractivity contribution in [3.63, 3.8) is 0 Å². The molecule has 3 rings (SSSR count). The van der Waals surface area contributed by atoms with E-state index in [-0.39, 0.29) is 23.5 Å². The van der Waals surface area contributed by atoms with Gasteiger partial charge in [0.05, 0.1) is 16.4 Å². The van der Waals surface area contributed by atoms with Crippen molar-refractivity contribution in [1.82, 2.24) is 4.31 Å². The molecule has 2 aromatic rings. The first-order valence-corrected chi connectivity index (χ1v) is 10.6. The average molecular weight is 455 g/mol. The minimum Gasteiger partial charge on any atom is -0.326 e. The van der Waals surface area contributed by atoms with Gasteiger partial charge in [-0.2, -0.15) is 13.2 Å². The molecule has 2 amide bonds. The largest absolute Gasteiger partial charge is 0.416 e. The lowest BCUT2D eigenvalue weighted by Gasteiger charge is -2.18. The summed E-state index contributed by atoms with van der Waals surface area (Å²) in [5.41, 5.74) is -0.459. The Morgan fingerprint density at radius 2 is 1.77 bits per heavy atom. The van der Waals surface area contributed by atoms with Gasteiger partial charge in [-0.05, 0) is 42.5 Å². The minimum absolute atomic E-state index is 0.0565. The fraction of sp³-hybridized carbons (Fsp3) is 0.300. The van der Waals surface area contributed by atoms with E-state index < -0.39 is 39.5 Å². The summed E-state index contributed by atoms with van der Waals surface area (Å²) in [7, 11) is -0.806. The van der Waals surface area contributed by atoms with Gasteiger partial charge >= 0.3 is 6.18 Å². The van der Waals surface area contributed by atoms with Crippen LogP contribution in [0.5, 0.6) is 0 Å². The molecule has 2 aromatic carbocycles. The second-order valence-electron chi connectivity index (χ2n) is 7.25. The number of hydrogen-bond acceptors (Lipinski definition) is 4. The lowest BCUT2D eigenvalue weighted by Crippen LogP contribution is -2.28. The predicted molar refractivity (Wildman–Crippen MR) is 108 cm³/mol. The topological polar surface area (TPSA) is 86.8 Å². The molecule has 1 heterocycles. The highest BCUT2D eigenvalue weighted by Crippen LogP contribution is 2.33. The van der Waals surface area contributed by atoms with Crippen molar-refractivity contribution in [3.8, 4) is 0 Å². The molecule has 1 fully saturated rings. The maximum Gasteiger partial charge on any atom is 0.416 e. The Labute approximate surface area is 177 Å². The van der Waals surface area contributed by atoms with Crippen molar-refractivity contribution in [2.24, 2.45) is 5.92 Å². The molecule has 0 spiro atoms. The molecular formula is C20H20F3N3O4S. The number of nitrogens with zero attached hydrogens (tertiary/aromatic N) is 2. The normalized spacial score (nSPS) is 17.3. The smallest absolute Gasteiger partial charge is 0.326 e. The van der Waals surface area contributed by atoms with Crippen molar-refractivity contribution in [2.75, 3.05) is 30.9 Å². The van der Waals surface area contributed by atoms with E-state index >= 15 is 0 Å². The summed E-state index contributed by atoms with van der Waals surface area (Å²) in [6.07, 6.45) is -4.68. The summed E-state index contributed by atoms with van der Waals surface area (Å²) in [6, 6.07) is 9.93. The number of carbonyl (C=O) groups is 2. The maximum atomic E-state index is 12.9. The van der Waals surface area contributed by atoms with Crippen molar-refractivity contribution in [2.45, 2.75) is 17.5 Å². The summed E-state index contributed by atoms with van der Waals surface area (Å²) in [5, 5.41) is 2.61. The number of alkyl halides is 3. The number of anilines is 2. The van der Waals surface area contributed by atoms with E-state index in [1.165, 1.54) is 50.5 Å². The molecule has 0 radical (unpaired) electrons. The summed E-state index contributed by atoms with van der Waals surface area (Å²) < 4.78 is 64.1. The highest BCUT2D eigenvalue weighted by molar-refractivity contribution is 7.89. The molecule has 0 aromatic heterocycles. The third-order valence-electron chi connectivity index (χ3n) is 4.88. The lowest BCUT2D eigenvalue weighted by atomic mass is 10.1. The molecule has 0 aliphatic carbocycles. The van der Waals surface area contributed by atoms with Crippen LogP contribution in [0.3, 0.4) is 0 Å². The summed E-state index contributed by atoms with van der Waals surface area (Å²) in [6.45, 7) is -0.0565. The Hall–Kier alpha value is -2.92. The molecule has 31 heavy (non-hydrogen) atoms. The van der Waals surface area contributed by atoms with Crippen LogP contribution in [0.2, 0.25) is 0 Å². The molecule has 1 aliphatic rings. The second kappa shape index (κ2) is 8.31. The Bertz CT molecular complexity index is 1100. The molecule has 0 saturated carbocycles. The summed E-state index contributed by atoms with van der Waals surface area (Å²) in [5.74, 6) is -1.69. The minimum atomic E-state index is -4.54. The zero-order chi connectivity index (χ0) is 23.0. The van der Waals surface area contributed by atoms with Crippen molar-refractivity contribution < 1.29 is 31.2 Å². The molecule has 11 heteroatoms. The number of hydrogen-bond donors (Lipinski definition) is 1. The molecule has 1 atom stereocenters. The van der Waals surface area contributed by atoms with Crippen LogP contribution in [0.15, 0.2) is 53.4 Å². The number of carbonyl (C=O) groups excluding carboxylic acids is 2. The van der Waals surface area contributed by atoms with Gasteiger partial charge in [0.25, 0.3) is 0 Å². The molecule has 1 aliphatic heterocycles. The van der Waals surface area contributed by atoms with Gasteiger partial charge in [-0.1, -0.05) is 6.07 Å².